The van der Waals surface area contributed by atoms with E-state index in [-0.39, 0.29) is 17.7 Å². The van der Waals surface area contributed by atoms with Crippen LogP contribution in [-0.2, 0) is 0 Å². The van der Waals surface area contributed by atoms with E-state index in [0.717, 1.165) is 0 Å². The minimum atomic E-state index is 0.181. The highest BCUT2D eigenvalue weighted by Gasteiger charge is 2.57. The Morgan fingerprint density at radius 1 is 1.47 bits per heavy atom. The Morgan fingerprint density at radius 2 is 2.12 bits per heavy atom. The number of carbonyl (C=O) groups is 1. The predicted octanol–water partition coefficient (Wildman–Crippen LogP) is 3.35. The molecular weight excluding hydrogens is 236 g/mol. The van der Waals surface area contributed by atoms with Crippen LogP contribution in [0, 0.1) is 17.8 Å². The highest BCUT2D eigenvalue weighted by Crippen LogP contribution is 2.58. The molecule has 2 saturated carbocycles. The molecule has 1 aromatic heterocycles. The van der Waals surface area contributed by atoms with E-state index in [4.69, 9.17) is 11.6 Å². The number of fused-ring (bicyclic) bond motifs is 1. The Bertz CT molecular complexity index is 456. The minimum Gasteiger partial charge on any atom is -0.292 e. The molecule has 0 bridgehead atoms. The average Bonchev–Trinajstić information content (AvgIpc) is 2.65. The van der Waals surface area contributed by atoms with E-state index in [1.807, 2.05) is 13.8 Å². The summed E-state index contributed by atoms with van der Waals surface area (Å²) in [6.45, 7) is 4.04. The predicted molar refractivity (Wildman–Crippen MR) is 66.3 cm³/mol. The molecule has 4 heteroatoms. The Morgan fingerprint density at radius 3 is 2.71 bits per heavy atom. The molecule has 0 radical (unpaired) electrons. The van der Waals surface area contributed by atoms with Crippen LogP contribution in [0.2, 0.25) is 5.02 Å². The molecule has 2 aliphatic rings. The van der Waals surface area contributed by atoms with Gasteiger partial charge in [0.25, 0.3) is 0 Å². The quantitative estimate of drug-likeness (QED) is 0.774. The van der Waals surface area contributed by atoms with Gasteiger partial charge in [0.05, 0.1) is 11.2 Å². The van der Waals surface area contributed by atoms with E-state index in [0.29, 0.717) is 22.6 Å². The third-order valence-electron chi connectivity index (χ3n) is 4.18. The molecule has 92 valence electrons. The molecule has 0 N–H and O–H groups in total. The van der Waals surface area contributed by atoms with Crippen LogP contribution in [0.1, 0.15) is 49.6 Å². The lowest BCUT2D eigenvalue weighted by Crippen LogP contribution is -2.16. The smallest absolute Gasteiger partial charge is 0.186 e. The first-order valence-electron chi connectivity index (χ1n) is 6.38. The fraction of sp³-hybridized carbons (Fsp3) is 0.692. The van der Waals surface area contributed by atoms with E-state index in [1.165, 1.54) is 19.3 Å². The second kappa shape index (κ2) is 3.84. The molecule has 2 unspecified atom stereocenters. The summed E-state index contributed by atoms with van der Waals surface area (Å²) >= 11 is 6.11. The van der Waals surface area contributed by atoms with Crippen molar-refractivity contribution in [1.82, 2.24) is 9.78 Å². The summed E-state index contributed by atoms with van der Waals surface area (Å²) in [6.07, 6.45) is 5.31. The van der Waals surface area contributed by atoms with Crippen LogP contribution < -0.4 is 0 Å². The first-order chi connectivity index (χ1) is 8.11. The molecule has 0 aliphatic heterocycles. The van der Waals surface area contributed by atoms with E-state index < -0.39 is 0 Å². The maximum atomic E-state index is 12.5. The normalized spacial score (nSPS) is 30.7. The molecular formula is C13H17ClN2O. The van der Waals surface area contributed by atoms with Gasteiger partial charge in [0, 0.05) is 12.0 Å². The van der Waals surface area contributed by atoms with Crippen molar-refractivity contribution in [3.8, 4) is 0 Å². The second-order valence-electron chi connectivity index (χ2n) is 5.53. The van der Waals surface area contributed by atoms with Gasteiger partial charge < -0.3 is 0 Å². The topological polar surface area (TPSA) is 34.9 Å². The number of hydrogen-bond donors (Lipinski definition) is 0. The van der Waals surface area contributed by atoms with Crippen LogP contribution in [0.3, 0.4) is 0 Å². The summed E-state index contributed by atoms with van der Waals surface area (Å²) in [4.78, 5) is 12.5. The number of Topliss-reactive ketones (excluding diaryl/α,β-unsaturated/α-hetero) is 1. The Kier molecular flexibility index (Phi) is 2.54. The third-order valence-corrected chi connectivity index (χ3v) is 4.46. The number of halogens is 1. The van der Waals surface area contributed by atoms with Crippen molar-refractivity contribution in [1.29, 1.82) is 0 Å². The highest BCUT2D eigenvalue weighted by atomic mass is 35.5. The molecule has 3 rings (SSSR count). The molecule has 17 heavy (non-hydrogen) atoms. The number of hydrogen-bond acceptors (Lipinski definition) is 2. The summed E-state index contributed by atoms with van der Waals surface area (Å²) in [5, 5.41) is 4.71. The van der Waals surface area contributed by atoms with Gasteiger partial charge in [0.15, 0.2) is 5.78 Å². The van der Waals surface area contributed by atoms with Crippen molar-refractivity contribution in [3.63, 3.8) is 0 Å². The van der Waals surface area contributed by atoms with Gasteiger partial charge in [0.2, 0.25) is 0 Å². The van der Waals surface area contributed by atoms with Gasteiger partial charge in [-0.1, -0.05) is 18.0 Å². The average molecular weight is 253 g/mol. The van der Waals surface area contributed by atoms with Crippen molar-refractivity contribution in [2.75, 3.05) is 0 Å². The van der Waals surface area contributed by atoms with Crippen LogP contribution in [0.4, 0.5) is 0 Å². The highest BCUT2D eigenvalue weighted by molar-refractivity contribution is 6.33. The van der Waals surface area contributed by atoms with Gasteiger partial charge in [-0.25, -0.2) is 0 Å². The van der Waals surface area contributed by atoms with Crippen LogP contribution in [0.5, 0.6) is 0 Å². The van der Waals surface area contributed by atoms with E-state index in [9.17, 15) is 4.79 Å². The third kappa shape index (κ3) is 1.63. The van der Waals surface area contributed by atoms with Gasteiger partial charge in [-0.15, -0.1) is 0 Å². The summed E-state index contributed by atoms with van der Waals surface area (Å²) in [7, 11) is 0. The number of nitrogens with zero attached hydrogens (tertiary/aromatic N) is 2. The maximum absolute atomic E-state index is 12.5. The summed E-state index contributed by atoms with van der Waals surface area (Å²) in [5.74, 6) is 1.72. The molecule has 2 fully saturated rings. The van der Waals surface area contributed by atoms with Crippen molar-refractivity contribution < 1.29 is 4.79 Å². The zero-order valence-corrected chi connectivity index (χ0v) is 10.9. The van der Waals surface area contributed by atoms with Crippen molar-refractivity contribution in [3.05, 3.63) is 16.9 Å². The zero-order valence-electron chi connectivity index (χ0n) is 10.2. The van der Waals surface area contributed by atoms with Crippen molar-refractivity contribution >= 4 is 17.4 Å². The maximum Gasteiger partial charge on any atom is 0.186 e. The van der Waals surface area contributed by atoms with Crippen molar-refractivity contribution in [2.24, 2.45) is 17.8 Å². The SMILES string of the molecule is CC(C)n1ncc(Cl)c1C(=O)C1C2CCCC21. The van der Waals surface area contributed by atoms with Crippen molar-refractivity contribution in [2.45, 2.75) is 39.2 Å². The number of ketones is 1. The first kappa shape index (κ1) is 11.3. The number of carbonyl (C=O) groups excluding carboxylic acids is 1. The van der Waals surface area contributed by atoms with Gasteiger partial charge in [-0.3, -0.25) is 9.48 Å². The molecule has 0 amide bonds. The fourth-order valence-electron chi connectivity index (χ4n) is 3.33. The lowest BCUT2D eigenvalue weighted by atomic mass is 10.1. The molecule has 0 spiro atoms. The molecule has 2 atom stereocenters. The van der Waals surface area contributed by atoms with Crippen LogP contribution in [0.15, 0.2) is 6.20 Å². The summed E-state index contributed by atoms with van der Waals surface area (Å²) in [6, 6.07) is 0.181. The number of aromatic nitrogens is 2. The first-order valence-corrected chi connectivity index (χ1v) is 6.76. The van der Waals surface area contributed by atoms with Gasteiger partial charge in [0.1, 0.15) is 5.69 Å². The number of rotatable bonds is 3. The van der Waals surface area contributed by atoms with Gasteiger partial charge in [-0.2, -0.15) is 5.10 Å². The largest absolute Gasteiger partial charge is 0.292 e. The fourth-order valence-corrected chi connectivity index (χ4v) is 3.55. The minimum absolute atomic E-state index is 0.181. The molecule has 0 saturated heterocycles. The Hall–Kier alpha value is -0.830. The Labute approximate surface area is 106 Å². The molecule has 1 aromatic rings. The molecule has 2 aliphatic carbocycles. The standard InChI is InChI=1S/C13H17ClN2O/c1-7(2)16-12(10(14)6-15-16)13(17)11-8-4-3-5-9(8)11/h6-9,11H,3-5H2,1-2H3. The van der Waals surface area contributed by atoms with E-state index >= 15 is 0 Å². The van der Waals surface area contributed by atoms with Crippen LogP contribution in [-0.4, -0.2) is 15.6 Å². The van der Waals surface area contributed by atoms with E-state index in [2.05, 4.69) is 5.10 Å². The summed E-state index contributed by atoms with van der Waals surface area (Å²) in [5.41, 5.74) is 0.626. The second-order valence-corrected chi connectivity index (χ2v) is 5.94. The lowest BCUT2D eigenvalue weighted by molar-refractivity contribution is 0.0939. The van der Waals surface area contributed by atoms with Gasteiger partial charge in [-0.05, 0) is 38.5 Å². The van der Waals surface area contributed by atoms with E-state index in [1.54, 1.807) is 10.9 Å². The summed E-state index contributed by atoms with van der Waals surface area (Å²) < 4.78 is 1.76. The van der Waals surface area contributed by atoms with Crippen LogP contribution >= 0.6 is 11.6 Å². The molecule has 3 nitrogen and oxygen atoms in total. The molecule has 1 heterocycles. The Balaban J connectivity index is 1.89. The van der Waals surface area contributed by atoms with Gasteiger partial charge >= 0.3 is 0 Å². The monoisotopic (exact) mass is 252 g/mol. The lowest BCUT2D eigenvalue weighted by Gasteiger charge is -2.11. The van der Waals surface area contributed by atoms with Crippen LogP contribution in [0.25, 0.3) is 0 Å². The molecule has 0 aromatic carbocycles. The zero-order chi connectivity index (χ0) is 12.2.